The fraction of sp³-hybridized carbons (Fsp3) is 0.316. The second kappa shape index (κ2) is 8.34. The van der Waals surface area contributed by atoms with E-state index in [9.17, 15) is 9.59 Å². The van der Waals surface area contributed by atoms with Crippen molar-refractivity contribution in [1.29, 1.82) is 0 Å². The molecule has 0 atom stereocenters. The molecular weight excluding hydrogens is 410 g/mol. The van der Waals surface area contributed by atoms with Gasteiger partial charge in [0.15, 0.2) is 10.0 Å². The third-order valence-corrected chi connectivity index (χ3v) is 6.46. The van der Waals surface area contributed by atoms with Gasteiger partial charge in [-0.1, -0.05) is 34.3 Å². The monoisotopic (exact) mass is 429 g/mol. The summed E-state index contributed by atoms with van der Waals surface area (Å²) in [5.74, 6) is 0.820. The maximum atomic E-state index is 12.2. The Morgan fingerprint density at radius 2 is 2.00 bits per heavy atom. The average Bonchev–Trinajstić information content (AvgIpc) is 3.24. The van der Waals surface area contributed by atoms with Gasteiger partial charge in [-0.3, -0.25) is 14.9 Å². The first-order valence-electron chi connectivity index (χ1n) is 9.09. The third-order valence-electron chi connectivity index (χ3n) is 4.49. The number of thioether (sulfide) groups is 1. The van der Waals surface area contributed by atoms with Gasteiger partial charge in [0.2, 0.25) is 11.0 Å². The van der Waals surface area contributed by atoms with Crippen LogP contribution >= 0.6 is 23.1 Å². The molecular formula is C19H19N5O3S2. The summed E-state index contributed by atoms with van der Waals surface area (Å²) in [6, 6.07) is 7.46. The highest BCUT2D eigenvalue weighted by molar-refractivity contribution is 8.01. The summed E-state index contributed by atoms with van der Waals surface area (Å²) >= 11 is 2.47. The quantitative estimate of drug-likeness (QED) is 0.431. The zero-order valence-electron chi connectivity index (χ0n) is 15.9. The number of nitrogens with one attached hydrogen (secondary N) is 2. The Labute approximate surface area is 175 Å². The molecule has 0 spiro atoms. The average molecular weight is 430 g/mol. The number of amides is 2. The molecule has 10 heteroatoms. The van der Waals surface area contributed by atoms with E-state index in [1.807, 2.05) is 32.0 Å². The van der Waals surface area contributed by atoms with Crippen molar-refractivity contribution in [3.63, 3.8) is 0 Å². The molecule has 150 valence electrons. The smallest absolute Gasteiger partial charge is 0.279 e. The summed E-state index contributed by atoms with van der Waals surface area (Å²) in [4.78, 5) is 24.4. The topological polar surface area (TPSA) is 110 Å². The molecule has 2 N–H and O–H groups in total. The second-order valence-electron chi connectivity index (χ2n) is 6.85. The molecule has 1 fully saturated rings. The van der Waals surface area contributed by atoms with Gasteiger partial charge in [-0.25, -0.2) is 0 Å². The summed E-state index contributed by atoms with van der Waals surface area (Å²) in [5, 5.41) is 17.6. The van der Waals surface area contributed by atoms with Gasteiger partial charge in [0.05, 0.1) is 5.75 Å². The zero-order chi connectivity index (χ0) is 20.4. The molecule has 1 aliphatic rings. The van der Waals surface area contributed by atoms with Crippen LogP contribution < -0.4 is 10.6 Å². The predicted molar refractivity (Wildman–Crippen MR) is 112 cm³/mol. The third kappa shape index (κ3) is 5.01. The van der Waals surface area contributed by atoms with Crippen molar-refractivity contribution in [3.05, 3.63) is 46.8 Å². The first kappa shape index (κ1) is 19.6. The van der Waals surface area contributed by atoms with Crippen molar-refractivity contribution >= 4 is 45.7 Å². The molecule has 29 heavy (non-hydrogen) atoms. The fourth-order valence-corrected chi connectivity index (χ4v) is 4.13. The van der Waals surface area contributed by atoms with Gasteiger partial charge < -0.3 is 9.84 Å². The van der Waals surface area contributed by atoms with E-state index in [1.54, 1.807) is 6.07 Å². The van der Waals surface area contributed by atoms with Crippen LogP contribution in [0.2, 0.25) is 0 Å². The Kier molecular flexibility index (Phi) is 5.63. The lowest BCUT2D eigenvalue weighted by Gasteiger charge is -2.06. The number of hydrogen-bond donors (Lipinski definition) is 2. The number of carbonyl (C=O) groups is 2. The van der Waals surface area contributed by atoms with Crippen molar-refractivity contribution < 1.29 is 14.1 Å². The van der Waals surface area contributed by atoms with Crippen molar-refractivity contribution in [2.75, 3.05) is 16.4 Å². The second-order valence-corrected chi connectivity index (χ2v) is 9.05. The first-order valence-corrected chi connectivity index (χ1v) is 10.9. The minimum absolute atomic E-state index is 0.130. The standard InChI is InChI=1S/C19H19N5O3S2/c1-10-3-6-13(7-11(10)2)20-16(25)9-28-19-23-22-18(29-19)21-17(26)14-8-15(27-24-14)12-4-5-12/h3,6-8,12H,4-5,9H2,1-2H3,(H,20,25)(H,21,22,26). The molecule has 8 nitrogen and oxygen atoms in total. The molecule has 1 aliphatic carbocycles. The van der Waals surface area contributed by atoms with Gasteiger partial charge >= 0.3 is 0 Å². The summed E-state index contributed by atoms with van der Waals surface area (Å²) in [6.45, 7) is 4.03. The Bertz CT molecular complexity index is 1060. The highest BCUT2D eigenvalue weighted by atomic mass is 32.2. The number of aryl methyl sites for hydroxylation is 2. The van der Waals surface area contributed by atoms with Crippen LogP contribution in [-0.4, -0.2) is 32.9 Å². The van der Waals surface area contributed by atoms with Gasteiger partial charge in [0, 0.05) is 17.7 Å². The first-order chi connectivity index (χ1) is 14.0. The van der Waals surface area contributed by atoms with E-state index in [2.05, 4.69) is 26.0 Å². The lowest BCUT2D eigenvalue weighted by molar-refractivity contribution is -0.113. The zero-order valence-corrected chi connectivity index (χ0v) is 17.5. The van der Waals surface area contributed by atoms with Crippen LogP contribution in [0.25, 0.3) is 0 Å². The minimum Gasteiger partial charge on any atom is -0.360 e. The van der Waals surface area contributed by atoms with Crippen LogP contribution in [0.15, 0.2) is 33.1 Å². The van der Waals surface area contributed by atoms with Gasteiger partial charge in [-0.2, -0.15) is 0 Å². The predicted octanol–water partition coefficient (Wildman–Crippen LogP) is 4.00. The van der Waals surface area contributed by atoms with E-state index >= 15 is 0 Å². The number of anilines is 2. The van der Waals surface area contributed by atoms with Crippen LogP contribution in [0.3, 0.4) is 0 Å². The number of aromatic nitrogens is 3. The van der Waals surface area contributed by atoms with E-state index in [0.717, 1.165) is 29.9 Å². The minimum atomic E-state index is -0.388. The highest BCUT2D eigenvalue weighted by Crippen LogP contribution is 2.40. The summed E-state index contributed by atoms with van der Waals surface area (Å²) < 4.78 is 5.78. The number of nitrogens with zero attached hydrogens (tertiary/aromatic N) is 3. The molecule has 2 heterocycles. The van der Waals surface area contributed by atoms with E-state index in [1.165, 1.54) is 28.7 Å². The number of carbonyl (C=O) groups excluding carboxylic acids is 2. The maximum absolute atomic E-state index is 12.2. The Balaban J connectivity index is 1.27. The molecule has 1 saturated carbocycles. The highest BCUT2D eigenvalue weighted by Gasteiger charge is 2.29. The summed E-state index contributed by atoms with van der Waals surface area (Å²) in [6.07, 6.45) is 2.15. The molecule has 0 saturated heterocycles. The largest absolute Gasteiger partial charge is 0.360 e. The molecule has 0 aliphatic heterocycles. The molecule has 0 unspecified atom stereocenters. The fourth-order valence-electron chi connectivity index (χ4n) is 2.58. The van der Waals surface area contributed by atoms with Crippen molar-refractivity contribution in [3.8, 4) is 0 Å². The summed E-state index contributed by atoms with van der Waals surface area (Å²) in [7, 11) is 0. The molecule has 2 amide bonds. The maximum Gasteiger partial charge on any atom is 0.279 e. The van der Waals surface area contributed by atoms with Gasteiger partial charge in [-0.15, -0.1) is 10.2 Å². The molecule has 0 radical (unpaired) electrons. The number of benzene rings is 1. The molecule has 3 aromatic rings. The lowest BCUT2D eigenvalue weighted by atomic mass is 10.1. The normalized spacial score (nSPS) is 13.3. The van der Waals surface area contributed by atoms with Crippen molar-refractivity contribution in [2.45, 2.75) is 36.9 Å². The van der Waals surface area contributed by atoms with Crippen molar-refractivity contribution in [1.82, 2.24) is 15.4 Å². The van der Waals surface area contributed by atoms with Crippen LogP contribution in [0, 0.1) is 13.8 Å². The van der Waals surface area contributed by atoms with E-state index in [4.69, 9.17) is 4.52 Å². The van der Waals surface area contributed by atoms with Crippen LogP contribution in [-0.2, 0) is 4.79 Å². The van der Waals surface area contributed by atoms with E-state index in [0.29, 0.717) is 15.4 Å². The van der Waals surface area contributed by atoms with Crippen molar-refractivity contribution in [2.24, 2.45) is 0 Å². The molecule has 0 bridgehead atoms. The Morgan fingerprint density at radius 3 is 2.76 bits per heavy atom. The molecule has 4 rings (SSSR count). The SMILES string of the molecule is Cc1ccc(NC(=O)CSc2nnc(NC(=O)c3cc(C4CC4)on3)s2)cc1C. The van der Waals surface area contributed by atoms with Crippen LogP contribution in [0.5, 0.6) is 0 Å². The summed E-state index contributed by atoms with van der Waals surface area (Å²) in [5.41, 5.74) is 3.29. The van der Waals surface area contributed by atoms with E-state index in [-0.39, 0.29) is 23.3 Å². The van der Waals surface area contributed by atoms with Crippen LogP contribution in [0.4, 0.5) is 10.8 Å². The van der Waals surface area contributed by atoms with Gasteiger partial charge in [0.25, 0.3) is 5.91 Å². The van der Waals surface area contributed by atoms with Gasteiger partial charge in [0.1, 0.15) is 5.76 Å². The van der Waals surface area contributed by atoms with Gasteiger partial charge in [-0.05, 0) is 49.9 Å². The number of rotatable bonds is 7. The molecule has 1 aromatic carbocycles. The Morgan fingerprint density at radius 1 is 1.17 bits per heavy atom. The molecule has 2 aromatic heterocycles. The lowest BCUT2D eigenvalue weighted by Crippen LogP contribution is -2.14. The van der Waals surface area contributed by atoms with Crippen LogP contribution in [0.1, 0.15) is 46.1 Å². The van der Waals surface area contributed by atoms with E-state index < -0.39 is 0 Å². The number of hydrogen-bond acceptors (Lipinski definition) is 8. The Hall–Kier alpha value is -2.72.